The van der Waals surface area contributed by atoms with Gasteiger partial charge in [-0.3, -0.25) is 4.79 Å². The number of aromatic nitrogens is 2. The second kappa shape index (κ2) is 4.87. The molecule has 3 rings (SSSR count). The molecule has 100 valence electrons. The Balaban J connectivity index is 2.15. The van der Waals surface area contributed by atoms with Crippen LogP contribution in [-0.4, -0.2) is 15.8 Å². The molecule has 0 aliphatic rings. The lowest BCUT2D eigenvalue weighted by atomic mass is 9.98. The molecule has 0 fully saturated rings. The molecule has 0 aliphatic carbocycles. The zero-order chi connectivity index (χ0) is 14.3. The third-order valence-electron chi connectivity index (χ3n) is 3.37. The van der Waals surface area contributed by atoms with Crippen molar-refractivity contribution >= 4 is 32.7 Å². The zero-order valence-electron chi connectivity index (χ0n) is 11.2. The van der Waals surface area contributed by atoms with E-state index in [0.29, 0.717) is 5.56 Å². The van der Waals surface area contributed by atoms with E-state index in [9.17, 15) is 4.79 Å². The molecule has 0 aliphatic heterocycles. The first kappa shape index (κ1) is 13.1. The predicted octanol–water partition coefficient (Wildman–Crippen LogP) is 4.17. The number of carbonyl (C=O) groups excluding carboxylic acids is 1. The van der Waals surface area contributed by atoms with Crippen molar-refractivity contribution in [2.75, 3.05) is 0 Å². The Labute approximate surface area is 125 Å². The minimum absolute atomic E-state index is 0.0219. The van der Waals surface area contributed by atoms with Crippen LogP contribution >= 0.6 is 15.9 Å². The average molecular weight is 329 g/mol. The lowest BCUT2D eigenvalue weighted by Crippen LogP contribution is -2.03. The number of rotatable bonds is 2. The summed E-state index contributed by atoms with van der Waals surface area (Å²) in [6, 6.07) is 7.78. The maximum atomic E-state index is 12.7. The van der Waals surface area contributed by atoms with Crippen LogP contribution in [-0.2, 0) is 0 Å². The number of nitrogens with one attached hydrogen (secondary N) is 1. The van der Waals surface area contributed by atoms with E-state index in [4.69, 9.17) is 0 Å². The number of H-pyrrole nitrogens is 1. The van der Waals surface area contributed by atoms with Crippen LogP contribution in [0.15, 0.2) is 41.1 Å². The van der Waals surface area contributed by atoms with Crippen molar-refractivity contribution in [1.29, 1.82) is 0 Å². The Kier molecular flexibility index (Phi) is 3.18. The molecule has 0 atom stereocenters. The second-order valence-corrected chi connectivity index (χ2v) is 5.82. The fourth-order valence-electron chi connectivity index (χ4n) is 2.38. The largest absolute Gasteiger partial charge is 0.345 e. The Bertz CT molecular complexity index is 820. The monoisotopic (exact) mass is 328 g/mol. The Hall–Kier alpha value is -1.94. The highest BCUT2D eigenvalue weighted by molar-refractivity contribution is 9.10. The molecule has 2 heterocycles. The molecule has 0 radical (unpaired) electrons. The highest BCUT2D eigenvalue weighted by atomic mass is 79.9. The van der Waals surface area contributed by atoms with Gasteiger partial charge in [0.2, 0.25) is 0 Å². The van der Waals surface area contributed by atoms with Gasteiger partial charge in [-0.05, 0) is 41.4 Å². The fraction of sp³-hybridized carbons (Fsp3) is 0.125. The maximum absolute atomic E-state index is 12.7. The van der Waals surface area contributed by atoms with Gasteiger partial charge in [-0.2, -0.15) is 0 Å². The number of hydrogen-bond acceptors (Lipinski definition) is 2. The molecule has 4 heteroatoms. The molecule has 20 heavy (non-hydrogen) atoms. The molecular formula is C16H13BrN2O. The van der Waals surface area contributed by atoms with Crippen LogP contribution in [0.25, 0.3) is 11.0 Å². The third kappa shape index (κ3) is 2.16. The van der Waals surface area contributed by atoms with E-state index >= 15 is 0 Å². The summed E-state index contributed by atoms with van der Waals surface area (Å²) in [6.45, 7) is 3.98. The SMILES string of the molecule is Cc1ccc(C(=O)c2c[nH]c3ncc(Br)cc23)c(C)c1. The van der Waals surface area contributed by atoms with Gasteiger partial charge in [0.05, 0.1) is 0 Å². The van der Waals surface area contributed by atoms with Crippen LogP contribution in [0.5, 0.6) is 0 Å². The van der Waals surface area contributed by atoms with Crippen molar-refractivity contribution in [3.05, 3.63) is 63.4 Å². The van der Waals surface area contributed by atoms with Gasteiger partial charge in [-0.15, -0.1) is 0 Å². The van der Waals surface area contributed by atoms with Crippen LogP contribution in [0.4, 0.5) is 0 Å². The Morgan fingerprint density at radius 2 is 2.00 bits per heavy atom. The normalized spacial score (nSPS) is 10.9. The maximum Gasteiger partial charge on any atom is 0.195 e. The number of aryl methyl sites for hydroxylation is 2. The minimum atomic E-state index is 0.0219. The second-order valence-electron chi connectivity index (χ2n) is 4.90. The fourth-order valence-corrected chi connectivity index (χ4v) is 2.71. The molecule has 0 amide bonds. The number of nitrogens with zero attached hydrogens (tertiary/aromatic N) is 1. The summed E-state index contributed by atoms with van der Waals surface area (Å²) < 4.78 is 0.860. The third-order valence-corrected chi connectivity index (χ3v) is 3.80. The topological polar surface area (TPSA) is 45.8 Å². The first-order valence-corrected chi connectivity index (χ1v) is 7.10. The standard InChI is InChI=1S/C16H13BrN2O/c1-9-3-4-12(10(2)5-9)15(20)14-8-19-16-13(14)6-11(17)7-18-16/h3-8H,1-2H3,(H,18,19). The van der Waals surface area contributed by atoms with Crippen LogP contribution in [0.2, 0.25) is 0 Å². The number of fused-ring (bicyclic) bond motifs is 1. The van der Waals surface area contributed by atoms with Gasteiger partial charge in [-0.25, -0.2) is 4.98 Å². The lowest BCUT2D eigenvalue weighted by Gasteiger charge is -2.05. The summed E-state index contributed by atoms with van der Waals surface area (Å²) in [6.07, 6.45) is 3.44. The number of benzene rings is 1. The van der Waals surface area contributed by atoms with E-state index in [1.165, 1.54) is 0 Å². The zero-order valence-corrected chi connectivity index (χ0v) is 12.8. The van der Waals surface area contributed by atoms with Gasteiger partial charge >= 0.3 is 0 Å². The van der Waals surface area contributed by atoms with Gasteiger partial charge in [0.25, 0.3) is 0 Å². The number of ketones is 1. The summed E-state index contributed by atoms with van der Waals surface area (Å²) in [5.41, 5.74) is 4.26. The molecule has 0 spiro atoms. The molecule has 0 saturated heterocycles. The van der Waals surface area contributed by atoms with Crippen molar-refractivity contribution < 1.29 is 4.79 Å². The number of hydrogen-bond donors (Lipinski definition) is 1. The molecule has 0 unspecified atom stereocenters. The Morgan fingerprint density at radius 3 is 2.75 bits per heavy atom. The molecule has 1 aromatic carbocycles. The van der Waals surface area contributed by atoms with E-state index < -0.39 is 0 Å². The van der Waals surface area contributed by atoms with Gasteiger partial charge in [0.1, 0.15) is 5.65 Å². The predicted molar refractivity (Wildman–Crippen MR) is 83.1 cm³/mol. The van der Waals surface area contributed by atoms with E-state index in [1.807, 2.05) is 38.1 Å². The number of halogens is 1. The highest BCUT2D eigenvalue weighted by Gasteiger charge is 2.16. The molecule has 1 N–H and O–H groups in total. The van der Waals surface area contributed by atoms with Gasteiger partial charge < -0.3 is 4.98 Å². The van der Waals surface area contributed by atoms with Crippen LogP contribution < -0.4 is 0 Å². The molecule has 0 bridgehead atoms. The van der Waals surface area contributed by atoms with E-state index in [-0.39, 0.29) is 5.78 Å². The van der Waals surface area contributed by atoms with Crippen molar-refractivity contribution in [3.8, 4) is 0 Å². The van der Waals surface area contributed by atoms with E-state index in [0.717, 1.165) is 32.2 Å². The van der Waals surface area contributed by atoms with Crippen LogP contribution in [0.1, 0.15) is 27.0 Å². The van der Waals surface area contributed by atoms with Crippen LogP contribution in [0.3, 0.4) is 0 Å². The summed E-state index contributed by atoms with van der Waals surface area (Å²) >= 11 is 3.39. The average Bonchev–Trinajstić information content (AvgIpc) is 2.81. The number of aromatic amines is 1. The number of carbonyl (C=O) groups is 1. The quantitative estimate of drug-likeness (QED) is 0.717. The number of pyridine rings is 1. The van der Waals surface area contributed by atoms with E-state index in [2.05, 4.69) is 25.9 Å². The molecular weight excluding hydrogens is 316 g/mol. The first-order chi connectivity index (χ1) is 9.56. The van der Waals surface area contributed by atoms with E-state index in [1.54, 1.807) is 12.4 Å². The summed E-state index contributed by atoms with van der Waals surface area (Å²) in [5.74, 6) is 0.0219. The lowest BCUT2D eigenvalue weighted by molar-refractivity contribution is 0.104. The molecule has 2 aromatic heterocycles. The van der Waals surface area contributed by atoms with Crippen molar-refractivity contribution in [2.24, 2.45) is 0 Å². The van der Waals surface area contributed by atoms with Gasteiger partial charge in [-0.1, -0.05) is 23.8 Å². The van der Waals surface area contributed by atoms with Crippen molar-refractivity contribution in [2.45, 2.75) is 13.8 Å². The Morgan fingerprint density at radius 1 is 1.20 bits per heavy atom. The van der Waals surface area contributed by atoms with Gasteiger partial charge in [0.15, 0.2) is 5.78 Å². The minimum Gasteiger partial charge on any atom is -0.345 e. The first-order valence-electron chi connectivity index (χ1n) is 6.31. The molecule has 0 saturated carbocycles. The summed E-state index contributed by atoms with van der Waals surface area (Å²) in [5, 5.41) is 0.837. The van der Waals surface area contributed by atoms with Crippen LogP contribution in [0, 0.1) is 13.8 Å². The highest BCUT2D eigenvalue weighted by Crippen LogP contribution is 2.24. The summed E-state index contributed by atoms with van der Waals surface area (Å²) in [4.78, 5) is 20.0. The molecule has 3 nitrogen and oxygen atoms in total. The smallest absolute Gasteiger partial charge is 0.195 e. The molecule has 3 aromatic rings. The summed E-state index contributed by atoms with van der Waals surface area (Å²) in [7, 11) is 0. The van der Waals surface area contributed by atoms with Crippen molar-refractivity contribution in [1.82, 2.24) is 9.97 Å². The van der Waals surface area contributed by atoms with Gasteiger partial charge in [0, 0.05) is 33.4 Å². The van der Waals surface area contributed by atoms with Crippen molar-refractivity contribution in [3.63, 3.8) is 0 Å².